The Morgan fingerprint density at radius 1 is 1.07 bits per heavy atom. The number of rotatable bonds is 5. The van der Waals surface area contributed by atoms with Crippen molar-refractivity contribution in [3.8, 4) is 0 Å². The number of nitrogens with one attached hydrogen (secondary N) is 2. The van der Waals surface area contributed by atoms with E-state index in [2.05, 4.69) is 52.8 Å². The minimum atomic E-state index is 0. The first-order chi connectivity index (χ1) is 12.7. The highest BCUT2D eigenvalue weighted by Crippen LogP contribution is 2.32. The van der Waals surface area contributed by atoms with Gasteiger partial charge in [0.15, 0.2) is 0 Å². The van der Waals surface area contributed by atoms with Crippen LogP contribution in [0.2, 0.25) is 0 Å². The number of halogens is 2. The fourth-order valence-electron chi connectivity index (χ4n) is 5.30. The molecule has 0 aromatic heterocycles. The minimum absolute atomic E-state index is 0. The van der Waals surface area contributed by atoms with Crippen LogP contribution in [-0.4, -0.2) is 41.5 Å². The average Bonchev–Trinajstić information content (AvgIpc) is 2.96. The number of carbonyl (C=O) groups is 1. The Morgan fingerprint density at radius 3 is 2.39 bits per heavy atom. The lowest BCUT2D eigenvalue weighted by molar-refractivity contribution is -0.123. The molecule has 0 radical (unpaired) electrons. The van der Waals surface area contributed by atoms with Crippen molar-refractivity contribution < 1.29 is 4.79 Å². The van der Waals surface area contributed by atoms with Crippen LogP contribution in [0, 0.1) is 5.92 Å². The van der Waals surface area contributed by atoms with Crippen LogP contribution in [0.5, 0.6) is 0 Å². The molecule has 3 heterocycles. The van der Waals surface area contributed by atoms with Crippen molar-refractivity contribution in [1.29, 1.82) is 0 Å². The van der Waals surface area contributed by atoms with E-state index in [0.29, 0.717) is 30.1 Å². The SMILES string of the molecule is CC1CC(NC(=O)CC2CC3CCC(C2)N3)CCN1Cc1ccccc1.Cl.Cl. The highest BCUT2D eigenvalue weighted by atomic mass is 35.5. The molecule has 3 fully saturated rings. The Bertz CT molecular complexity index is 603. The zero-order valence-corrected chi connectivity index (χ0v) is 18.4. The summed E-state index contributed by atoms with van der Waals surface area (Å²) in [7, 11) is 0. The van der Waals surface area contributed by atoms with Gasteiger partial charge < -0.3 is 10.6 Å². The molecule has 28 heavy (non-hydrogen) atoms. The van der Waals surface area contributed by atoms with Crippen LogP contribution in [0.3, 0.4) is 0 Å². The van der Waals surface area contributed by atoms with Gasteiger partial charge in [-0.05, 0) is 56.9 Å². The smallest absolute Gasteiger partial charge is 0.220 e. The third kappa shape index (κ3) is 6.09. The molecule has 3 aliphatic heterocycles. The first kappa shape index (κ1) is 23.5. The number of piperidine rings is 2. The Hall–Kier alpha value is -0.810. The number of hydrogen-bond donors (Lipinski definition) is 2. The summed E-state index contributed by atoms with van der Waals surface area (Å²) in [5.74, 6) is 0.870. The number of fused-ring (bicyclic) bond motifs is 2. The lowest BCUT2D eigenvalue weighted by Crippen LogP contribution is -2.49. The summed E-state index contributed by atoms with van der Waals surface area (Å²) in [6.07, 6.45) is 7.86. The molecule has 0 spiro atoms. The largest absolute Gasteiger partial charge is 0.353 e. The van der Waals surface area contributed by atoms with Crippen molar-refractivity contribution in [2.45, 2.75) is 82.6 Å². The van der Waals surface area contributed by atoms with E-state index in [0.717, 1.165) is 32.4 Å². The van der Waals surface area contributed by atoms with E-state index >= 15 is 0 Å². The fraction of sp³-hybridized carbons (Fsp3) is 0.682. The molecule has 3 saturated heterocycles. The van der Waals surface area contributed by atoms with Gasteiger partial charge in [-0.15, -0.1) is 24.8 Å². The third-order valence-corrected chi connectivity index (χ3v) is 6.65. The summed E-state index contributed by atoms with van der Waals surface area (Å²) in [5, 5.41) is 7.01. The number of amides is 1. The summed E-state index contributed by atoms with van der Waals surface area (Å²) >= 11 is 0. The number of hydrogen-bond acceptors (Lipinski definition) is 3. The molecule has 1 amide bonds. The topological polar surface area (TPSA) is 44.4 Å². The van der Waals surface area contributed by atoms with Crippen molar-refractivity contribution in [2.24, 2.45) is 5.92 Å². The first-order valence-corrected chi connectivity index (χ1v) is 10.5. The van der Waals surface area contributed by atoms with Gasteiger partial charge in [0.2, 0.25) is 5.91 Å². The maximum atomic E-state index is 12.5. The summed E-state index contributed by atoms with van der Waals surface area (Å²) in [4.78, 5) is 15.1. The molecule has 2 N–H and O–H groups in total. The van der Waals surface area contributed by atoms with E-state index in [1.807, 2.05) is 0 Å². The molecule has 4 nitrogen and oxygen atoms in total. The van der Waals surface area contributed by atoms with E-state index in [1.165, 1.54) is 31.2 Å². The Morgan fingerprint density at radius 2 is 1.75 bits per heavy atom. The van der Waals surface area contributed by atoms with Crippen molar-refractivity contribution in [3.63, 3.8) is 0 Å². The van der Waals surface area contributed by atoms with E-state index in [-0.39, 0.29) is 30.7 Å². The van der Waals surface area contributed by atoms with Gasteiger partial charge in [0, 0.05) is 43.7 Å². The maximum Gasteiger partial charge on any atom is 0.220 e. The van der Waals surface area contributed by atoms with Crippen LogP contribution in [0.25, 0.3) is 0 Å². The molecular formula is C22H35Cl2N3O. The van der Waals surface area contributed by atoms with Crippen LogP contribution in [-0.2, 0) is 11.3 Å². The van der Waals surface area contributed by atoms with Gasteiger partial charge in [0.05, 0.1) is 0 Å². The van der Waals surface area contributed by atoms with Crippen molar-refractivity contribution in [3.05, 3.63) is 35.9 Å². The molecule has 4 atom stereocenters. The van der Waals surface area contributed by atoms with Crippen LogP contribution >= 0.6 is 24.8 Å². The number of carbonyl (C=O) groups excluding carboxylic acids is 1. The van der Waals surface area contributed by atoms with Crippen LogP contribution in [0.1, 0.15) is 57.4 Å². The molecule has 6 heteroatoms. The molecule has 1 aromatic carbocycles. The predicted molar refractivity (Wildman–Crippen MR) is 119 cm³/mol. The minimum Gasteiger partial charge on any atom is -0.353 e. The van der Waals surface area contributed by atoms with Gasteiger partial charge in [0.25, 0.3) is 0 Å². The van der Waals surface area contributed by atoms with E-state index in [4.69, 9.17) is 0 Å². The number of nitrogens with zero attached hydrogens (tertiary/aromatic N) is 1. The molecule has 0 saturated carbocycles. The summed E-state index contributed by atoms with van der Waals surface area (Å²) in [6.45, 7) is 4.38. The van der Waals surface area contributed by atoms with Gasteiger partial charge in [-0.25, -0.2) is 0 Å². The van der Waals surface area contributed by atoms with Gasteiger partial charge in [0.1, 0.15) is 0 Å². The Kier molecular flexibility index (Phi) is 9.07. The molecule has 2 bridgehead atoms. The van der Waals surface area contributed by atoms with Crippen molar-refractivity contribution in [1.82, 2.24) is 15.5 Å². The molecule has 3 aliphatic rings. The molecular weight excluding hydrogens is 393 g/mol. The summed E-state index contributed by atoms with van der Waals surface area (Å²) in [6, 6.07) is 12.9. The predicted octanol–water partition coefficient (Wildman–Crippen LogP) is 3.92. The van der Waals surface area contributed by atoms with Crippen LogP contribution in [0.4, 0.5) is 0 Å². The zero-order chi connectivity index (χ0) is 17.9. The normalized spacial score (nSPS) is 32.1. The second-order valence-electron chi connectivity index (χ2n) is 8.77. The zero-order valence-electron chi connectivity index (χ0n) is 16.8. The highest BCUT2D eigenvalue weighted by Gasteiger charge is 2.34. The van der Waals surface area contributed by atoms with Gasteiger partial charge in [-0.3, -0.25) is 9.69 Å². The van der Waals surface area contributed by atoms with Gasteiger partial charge in [-0.2, -0.15) is 0 Å². The fourth-order valence-corrected chi connectivity index (χ4v) is 5.30. The Balaban J connectivity index is 0.00000140. The quantitative estimate of drug-likeness (QED) is 0.747. The van der Waals surface area contributed by atoms with E-state index < -0.39 is 0 Å². The maximum absolute atomic E-state index is 12.5. The highest BCUT2D eigenvalue weighted by molar-refractivity contribution is 5.85. The second kappa shape index (κ2) is 10.8. The van der Waals surface area contributed by atoms with Gasteiger partial charge >= 0.3 is 0 Å². The lowest BCUT2D eigenvalue weighted by atomic mass is 9.89. The third-order valence-electron chi connectivity index (χ3n) is 6.65. The van der Waals surface area contributed by atoms with Crippen molar-refractivity contribution >= 4 is 30.7 Å². The standard InChI is InChI=1S/C22H33N3O.2ClH/c1-16-11-21(9-10-25(16)15-17-5-3-2-4-6-17)24-22(26)14-18-12-19-7-8-20(13-18)23-19;;/h2-6,16,18-21,23H,7-15H2,1H3,(H,24,26);2*1H. The van der Waals surface area contributed by atoms with Crippen LogP contribution in [0.15, 0.2) is 30.3 Å². The van der Waals surface area contributed by atoms with Crippen LogP contribution < -0.4 is 10.6 Å². The second-order valence-corrected chi connectivity index (χ2v) is 8.77. The monoisotopic (exact) mass is 427 g/mol. The summed E-state index contributed by atoms with van der Waals surface area (Å²) in [5.41, 5.74) is 1.38. The molecule has 158 valence electrons. The molecule has 4 unspecified atom stereocenters. The molecule has 4 rings (SSSR count). The van der Waals surface area contributed by atoms with Crippen molar-refractivity contribution in [2.75, 3.05) is 6.54 Å². The Labute approximate surface area is 182 Å². The summed E-state index contributed by atoms with van der Waals surface area (Å²) < 4.78 is 0. The molecule has 0 aliphatic carbocycles. The number of likely N-dealkylation sites (tertiary alicyclic amines) is 1. The average molecular weight is 428 g/mol. The van der Waals surface area contributed by atoms with Gasteiger partial charge in [-0.1, -0.05) is 30.3 Å². The van der Waals surface area contributed by atoms with E-state index in [1.54, 1.807) is 0 Å². The lowest BCUT2D eigenvalue weighted by Gasteiger charge is -2.38. The first-order valence-electron chi connectivity index (χ1n) is 10.5. The number of benzene rings is 1. The molecule has 1 aromatic rings. The van der Waals surface area contributed by atoms with E-state index in [9.17, 15) is 4.79 Å².